The van der Waals surface area contributed by atoms with Gasteiger partial charge in [0.1, 0.15) is 0 Å². The average Bonchev–Trinajstić information content (AvgIpc) is 2.50. The van der Waals surface area contributed by atoms with Gasteiger partial charge < -0.3 is 10.6 Å². The Kier molecular flexibility index (Phi) is 5.80. The van der Waals surface area contributed by atoms with E-state index in [2.05, 4.69) is 55.8 Å². The lowest BCUT2D eigenvalue weighted by Crippen LogP contribution is -2.46. The number of likely N-dealkylation sites (N-methyl/N-ethyl adjacent to an activating group) is 1. The molecule has 1 saturated heterocycles. The van der Waals surface area contributed by atoms with Crippen LogP contribution in [0.3, 0.4) is 0 Å². The minimum atomic E-state index is 0.337. The van der Waals surface area contributed by atoms with Crippen LogP contribution in [0.4, 0.5) is 0 Å². The zero-order valence-electron chi connectivity index (χ0n) is 14.1. The molecule has 0 aliphatic carbocycles. The monoisotopic (exact) mass is 289 g/mol. The van der Waals surface area contributed by atoms with E-state index >= 15 is 0 Å². The predicted octanol–water partition coefficient (Wildman–Crippen LogP) is 2.72. The highest BCUT2D eigenvalue weighted by atomic mass is 15.2. The molecule has 21 heavy (non-hydrogen) atoms. The molecule has 2 rings (SSSR count). The maximum atomic E-state index is 6.12. The fourth-order valence-electron chi connectivity index (χ4n) is 3.61. The number of piperidine rings is 1. The summed E-state index contributed by atoms with van der Waals surface area (Å²) in [7, 11) is 2.25. The van der Waals surface area contributed by atoms with Crippen molar-refractivity contribution in [3.8, 4) is 0 Å². The standard InChI is InChI=1S/C18H31N3/c1-5-21-10-8-16(9-11-21)20(4)18(13-19)17-7-6-14(2)12-15(17)3/h6-7,12,16,18H,5,8-11,13,19H2,1-4H3. The van der Waals surface area contributed by atoms with Gasteiger partial charge in [-0.05, 0) is 64.5 Å². The molecule has 118 valence electrons. The first-order chi connectivity index (χ1) is 10.1. The third-order valence-electron chi connectivity index (χ3n) is 5.08. The van der Waals surface area contributed by atoms with Gasteiger partial charge in [0.2, 0.25) is 0 Å². The first kappa shape index (κ1) is 16.5. The molecule has 0 spiro atoms. The van der Waals surface area contributed by atoms with E-state index in [1.165, 1.54) is 49.2 Å². The molecule has 0 radical (unpaired) electrons. The third kappa shape index (κ3) is 3.85. The fourth-order valence-corrected chi connectivity index (χ4v) is 3.61. The van der Waals surface area contributed by atoms with E-state index in [4.69, 9.17) is 5.73 Å². The molecule has 1 heterocycles. The minimum absolute atomic E-state index is 0.337. The quantitative estimate of drug-likeness (QED) is 0.904. The molecule has 1 atom stereocenters. The van der Waals surface area contributed by atoms with Gasteiger partial charge in [-0.1, -0.05) is 30.7 Å². The number of nitrogens with two attached hydrogens (primary N) is 1. The van der Waals surface area contributed by atoms with Crippen molar-refractivity contribution in [3.05, 3.63) is 34.9 Å². The molecule has 1 aliphatic rings. The number of nitrogens with zero attached hydrogens (tertiary/aromatic N) is 2. The van der Waals surface area contributed by atoms with Crippen LogP contribution in [-0.2, 0) is 0 Å². The maximum absolute atomic E-state index is 6.12. The van der Waals surface area contributed by atoms with Gasteiger partial charge in [-0.25, -0.2) is 0 Å². The van der Waals surface area contributed by atoms with Crippen molar-refractivity contribution in [2.75, 3.05) is 33.2 Å². The third-order valence-corrected chi connectivity index (χ3v) is 5.08. The molecule has 1 aromatic rings. The number of aryl methyl sites for hydroxylation is 2. The summed E-state index contributed by atoms with van der Waals surface area (Å²) in [6, 6.07) is 7.73. The van der Waals surface area contributed by atoms with Crippen LogP contribution < -0.4 is 5.73 Å². The van der Waals surface area contributed by atoms with Crippen LogP contribution >= 0.6 is 0 Å². The first-order valence-electron chi connectivity index (χ1n) is 8.28. The SMILES string of the molecule is CCN1CCC(N(C)C(CN)c2ccc(C)cc2C)CC1. The van der Waals surface area contributed by atoms with E-state index in [1.54, 1.807) is 0 Å². The van der Waals surface area contributed by atoms with Crippen LogP contribution in [0.5, 0.6) is 0 Å². The summed E-state index contributed by atoms with van der Waals surface area (Å²) in [4.78, 5) is 5.06. The number of benzene rings is 1. The summed E-state index contributed by atoms with van der Waals surface area (Å²) >= 11 is 0. The Hall–Kier alpha value is -0.900. The van der Waals surface area contributed by atoms with E-state index in [-0.39, 0.29) is 0 Å². The van der Waals surface area contributed by atoms with Crippen LogP contribution in [0.1, 0.15) is 42.5 Å². The molecule has 0 aromatic heterocycles. The Morgan fingerprint density at radius 1 is 1.29 bits per heavy atom. The smallest absolute Gasteiger partial charge is 0.0472 e. The van der Waals surface area contributed by atoms with Crippen molar-refractivity contribution in [2.45, 2.75) is 45.7 Å². The van der Waals surface area contributed by atoms with Gasteiger partial charge in [-0.15, -0.1) is 0 Å². The van der Waals surface area contributed by atoms with Gasteiger partial charge in [-0.2, -0.15) is 0 Å². The van der Waals surface area contributed by atoms with E-state index < -0.39 is 0 Å². The molecule has 1 unspecified atom stereocenters. The average molecular weight is 289 g/mol. The van der Waals surface area contributed by atoms with Gasteiger partial charge in [0, 0.05) is 18.6 Å². The van der Waals surface area contributed by atoms with Crippen LogP contribution in [0, 0.1) is 13.8 Å². The van der Waals surface area contributed by atoms with Gasteiger partial charge >= 0.3 is 0 Å². The molecule has 0 amide bonds. The summed E-state index contributed by atoms with van der Waals surface area (Å²) in [5.41, 5.74) is 10.2. The summed E-state index contributed by atoms with van der Waals surface area (Å²) in [6.45, 7) is 10.9. The topological polar surface area (TPSA) is 32.5 Å². The van der Waals surface area contributed by atoms with E-state index in [1.807, 2.05) is 0 Å². The highest BCUT2D eigenvalue weighted by molar-refractivity contribution is 5.33. The molecule has 0 saturated carbocycles. The van der Waals surface area contributed by atoms with Crippen molar-refractivity contribution in [1.29, 1.82) is 0 Å². The van der Waals surface area contributed by atoms with Crippen molar-refractivity contribution in [1.82, 2.24) is 9.80 Å². The summed E-state index contributed by atoms with van der Waals surface area (Å²) in [6.07, 6.45) is 2.51. The molecule has 2 N–H and O–H groups in total. The number of hydrogen-bond donors (Lipinski definition) is 1. The highest BCUT2D eigenvalue weighted by Gasteiger charge is 2.27. The Labute approximate surface area is 130 Å². The van der Waals surface area contributed by atoms with Crippen molar-refractivity contribution < 1.29 is 0 Å². The Morgan fingerprint density at radius 2 is 1.95 bits per heavy atom. The molecule has 1 fully saturated rings. The molecular weight excluding hydrogens is 258 g/mol. The molecule has 3 heteroatoms. The van der Waals surface area contributed by atoms with Crippen LogP contribution in [0.25, 0.3) is 0 Å². The summed E-state index contributed by atoms with van der Waals surface area (Å²) < 4.78 is 0. The Morgan fingerprint density at radius 3 is 2.48 bits per heavy atom. The van der Waals surface area contributed by atoms with E-state index in [9.17, 15) is 0 Å². The van der Waals surface area contributed by atoms with Gasteiger partial charge in [0.05, 0.1) is 0 Å². The molecule has 0 bridgehead atoms. The molecular formula is C18H31N3. The zero-order valence-corrected chi connectivity index (χ0v) is 14.1. The van der Waals surface area contributed by atoms with E-state index in [0.29, 0.717) is 18.6 Å². The molecule has 1 aromatic carbocycles. The zero-order chi connectivity index (χ0) is 15.4. The number of likely N-dealkylation sites (tertiary alicyclic amines) is 1. The maximum Gasteiger partial charge on any atom is 0.0472 e. The molecule has 3 nitrogen and oxygen atoms in total. The van der Waals surface area contributed by atoms with Crippen LogP contribution in [0.15, 0.2) is 18.2 Å². The van der Waals surface area contributed by atoms with Crippen molar-refractivity contribution >= 4 is 0 Å². The minimum Gasteiger partial charge on any atom is -0.329 e. The second-order valence-corrected chi connectivity index (χ2v) is 6.44. The lowest BCUT2D eigenvalue weighted by Gasteiger charge is -2.40. The van der Waals surface area contributed by atoms with Gasteiger partial charge in [0.15, 0.2) is 0 Å². The normalized spacial score (nSPS) is 19.1. The predicted molar refractivity (Wildman–Crippen MR) is 90.6 cm³/mol. The lowest BCUT2D eigenvalue weighted by atomic mass is 9.95. The lowest BCUT2D eigenvalue weighted by molar-refractivity contribution is 0.101. The van der Waals surface area contributed by atoms with Crippen LogP contribution in [-0.4, -0.2) is 49.1 Å². The first-order valence-corrected chi connectivity index (χ1v) is 8.28. The van der Waals surface area contributed by atoms with Gasteiger partial charge in [-0.3, -0.25) is 4.90 Å². The second-order valence-electron chi connectivity index (χ2n) is 6.44. The van der Waals surface area contributed by atoms with E-state index in [0.717, 1.165) is 0 Å². The largest absolute Gasteiger partial charge is 0.329 e. The second kappa shape index (κ2) is 7.39. The highest BCUT2D eigenvalue weighted by Crippen LogP contribution is 2.27. The van der Waals surface area contributed by atoms with Crippen molar-refractivity contribution in [2.24, 2.45) is 5.73 Å². The van der Waals surface area contributed by atoms with Gasteiger partial charge in [0.25, 0.3) is 0 Å². The Bertz CT molecular complexity index is 450. The van der Waals surface area contributed by atoms with Crippen LogP contribution in [0.2, 0.25) is 0 Å². The number of hydrogen-bond acceptors (Lipinski definition) is 3. The summed E-state index contributed by atoms with van der Waals surface area (Å²) in [5, 5.41) is 0. The summed E-state index contributed by atoms with van der Waals surface area (Å²) in [5.74, 6) is 0. The fraction of sp³-hybridized carbons (Fsp3) is 0.667. The Balaban J connectivity index is 2.10. The number of rotatable bonds is 5. The van der Waals surface area contributed by atoms with Crippen molar-refractivity contribution in [3.63, 3.8) is 0 Å². The molecule has 1 aliphatic heterocycles.